The van der Waals surface area contributed by atoms with Crippen LogP contribution < -0.4 is 10.6 Å². The summed E-state index contributed by atoms with van der Waals surface area (Å²) < 4.78 is 38.1. The number of carbonyl (C=O) groups is 2. The van der Waals surface area contributed by atoms with Gasteiger partial charge in [0.05, 0.1) is 29.2 Å². The van der Waals surface area contributed by atoms with E-state index < -0.39 is 17.6 Å². The van der Waals surface area contributed by atoms with Gasteiger partial charge in [-0.25, -0.2) is 0 Å². The van der Waals surface area contributed by atoms with Crippen molar-refractivity contribution in [3.8, 4) is 0 Å². The second-order valence-electron chi connectivity index (χ2n) is 5.68. The van der Waals surface area contributed by atoms with Gasteiger partial charge in [-0.2, -0.15) is 13.2 Å². The Morgan fingerprint density at radius 2 is 1.69 bits per heavy atom. The molecule has 26 heavy (non-hydrogen) atoms. The number of anilines is 1. The van der Waals surface area contributed by atoms with Crippen LogP contribution in [0.25, 0.3) is 0 Å². The minimum atomic E-state index is -4.55. The van der Waals surface area contributed by atoms with Crippen LogP contribution >= 0.6 is 11.6 Å². The molecule has 2 aromatic carbocycles. The Morgan fingerprint density at radius 3 is 2.31 bits per heavy atom. The Morgan fingerprint density at radius 1 is 1.04 bits per heavy atom. The van der Waals surface area contributed by atoms with E-state index in [0.717, 1.165) is 29.3 Å². The fourth-order valence-corrected chi connectivity index (χ4v) is 2.29. The van der Waals surface area contributed by atoms with Crippen molar-refractivity contribution in [2.75, 3.05) is 11.9 Å². The molecular weight excluding hydrogens is 369 g/mol. The SMILES string of the molecule is Cc1ccc(CC(=O)NCC(=O)Nc2cc(C(F)(F)F)ccc2Cl)cc1. The maximum absolute atomic E-state index is 12.7. The lowest BCUT2D eigenvalue weighted by Crippen LogP contribution is -2.33. The first kappa shape index (κ1) is 19.8. The normalized spacial score (nSPS) is 11.1. The van der Waals surface area contributed by atoms with Crippen LogP contribution in [0.15, 0.2) is 42.5 Å². The molecule has 0 radical (unpaired) electrons. The largest absolute Gasteiger partial charge is 0.416 e. The summed E-state index contributed by atoms with van der Waals surface area (Å²) in [5.74, 6) is -1.05. The van der Waals surface area contributed by atoms with E-state index >= 15 is 0 Å². The summed E-state index contributed by atoms with van der Waals surface area (Å²) in [4.78, 5) is 23.7. The summed E-state index contributed by atoms with van der Waals surface area (Å²) in [5, 5.41) is 4.65. The Balaban J connectivity index is 1.90. The van der Waals surface area contributed by atoms with Crippen LogP contribution in [0.4, 0.5) is 18.9 Å². The standard InChI is InChI=1S/C18H16ClF3N2O2/c1-11-2-4-12(5-3-11)8-16(25)23-10-17(26)24-15-9-13(18(20,21)22)6-7-14(15)19/h2-7,9H,8,10H2,1H3,(H,23,25)(H,24,26). The number of rotatable bonds is 5. The van der Waals surface area contributed by atoms with Gasteiger partial charge in [0.25, 0.3) is 0 Å². The lowest BCUT2D eigenvalue weighted by molar-refractivity contribution is -0.137. The third-order valence-corrected chi connectivity index (χ3v) is 3.83. The second-order valence-corrected chi connectivity index (χ2v) is 6.09. The quantitative estimate of drug-likeness (QED) is 0.819. The number of benzene rings is 2. The molecule has 0 aliphatic heterocycles. The Hall–Kier alpha value is -2.54. The van der Waals surface area contributed by atoms with Crippen LogP contribution in [0, 0.1) is 6.92 Å². The van der Waals surface area contributed by atoms with Crippen LogP contribution in [-0.2, 0) is 22.2 Å². The molecule has 0 fully saturated rings. The van der Waals surface area contributed by atoms with E-state index in [1.165, 1.54) is 0 Å². The topological polar surface area (TPSA) is 58.2 Å². The van der Waals surface area contributed by atoms with E-state index in [-0.39, 0.29) is 29.6 Å². The zero-order valence-corrected chi connectivity index (χ0v) is 14.5. The summed E-state index contributed by atoms with van der Waals surface area (Å²) in [6, 6.07) is 9.95. The average Bonchev–Trinajstić information content (AvgIpc) is 2.56. The second kappa shape index (κ2) is 8.23. The molecule has 2 aromatic rings. The fourth-order valence-electron chi connectivity index (χ4n) is 2.12. The van der Waals surface area contributed by atoms with Gasteiger partial charge >= 0.3 is 6.18 Å². The number of halogens is 4. The van der Waals surface area contributed by atoms with E-state index in [9.17, 15) is 22.8 Å². The van der Waals surface area contributed by atoms with Crippen molar-refractivity contribution < 1.29 is 22.8 Å². The van der Waals surface area contributed by atoms with Gasteiger partial charge in [0.1, 0.15) is 0 Å². The summed E-state index contributed by atoms with van der Waals surface area (Å²) in [5.41, 5.74) is 0.751. The van der Waals surface area contributed by atoms with Gasteiger partial charge in [-0.1, -0.05) is 41.4 Å². The molecule has 0 saturated heterocycles. The summed E-state index contributed by atoms with van der Waals surface area (Å²) in [7, 11) is 0. The summed E-state index contributed by atoms with van der Waals surface area (Å²) in [6.45, 7) is 1.55. The minimum Gasteiger partial charge on any atom is -0.347 e. The fraction of sp³-hybridized carbons (Fsp3) is 0.222. The van der Waals surface area contributed by atoms with Crippen LogP contribution in [0.1, 0.15) is 16.7 Å². The molecule has 0 heterocycles. The monoisotopic (exact) mass is 384 g/mol. The first-order valence-electron chi connectivity index (χ1n) is 7.64. The Bertz CT molecular complexity index is 805. The number of amides is 2. The van der Waals surface area contributed by atoms with Crippen molar-refractivity contribution in [3.63, 3.8) is 0 Å². The number of aryl methyl sites for hydroxylation is 1. The molecule has 8 heteroatoms. The van der Waals surface area contributed by atoms with Crippen LogP contribution in [0.3, 0.4) is 0 Å². The third-order valence-electron chi connectivity index (χ3n) is 3.50. The Kier molecular flexibility index (Phi) is 6.26. The van der Waals surface area contributed by atoms with Crippen molar-refractivity contribution in [2.45, 2.75) is 19.5 Å². The number of hydrogen-bond donors (Lipinski definition) is 2. The maximum Gasteiger partial charge on any atom is 0.416 e. The lowest BCUT2D eigenvalue weighted by atomic mass is 10.1. The van der Waals surface area contributed by atoms with Crippen molar-refractivity contribution >= 4 is 29.1 Å². The molecule has 2 N–H and O–H groups in total. The molecule has 0 atom stereocenters. The van der Waals surface area contributed by atoms with E-state index in [2.05, 4.69) is 10.6 Å². The van der Waals surface area contributed by atoms with Crippen molar-refractivity contribution in [3.05, 3.63) is 64.2 Å². The first-order chi connectivity index (χ1) is 12.1. The predicted octanol–water partition coefficient (Wildman–Crippen LogP) is 3.96. The highest BCUT2D eigenvalue weighted by molar-refractivity contribution is 6.33. The molecule has 2 rings (SSSR count). The van der Waals surface area contributed by atoms with E-state index in [1.807, 2.05) is 19.1 Å². The van der Waals surface area contributed by atoms with Gasteiger partial charge in [-0.05, 0) is 30.7 Å². The van der Waals surface area contributed by atoms with Crippen LogP contribution in [0.5, 0.6) is 0 Å². The molecule has 0 saturated carbocycles. The molecule has 0 unspecified atom stereocenters. The molecular formula is C18H16ClF3N2O2. The zero-order valence-electron chi connectivity index (χ0n) is 13.8. The number of nitrogens with one attached hydrogen (secondary N) is 2. The molecule has 0 aromatic heterocycles. The highest BCUT2D eigenvalue weighted by Crippen LogP contribution is 2.33. The molecule has 138 valence electrons. The van der Waals surface area contributed by atoms with Gasteiger partial charge in [0.15, 0.2) is 0 Å². The van der Waals surface area contributed by atoms with Crippen molar-refractivity contribution in [1.82, 2.24) is 5.32 Å². The summed E-state index contributed by atoms with van der Waals surface area (Å²) in [6.07, 6.45) is -4.45. The van der Waals surface area contributed by atoms with Gasteiger partial charge in [-0.15, -0.1) is 0 Å². The van der Waals surface area contributed by atoms with Crippen molar-refractivity contribution in [2.24, 2.45) is 0 Å². The van der Waals surface area contributed by atoms with Gasteiger partial charge < -0.3 is 10.6 Å². The molecule has 0 spiro atoms. The number of hydrogen-bond acceptors (Lipinski definition) is 2. The highest BCUT2D eigenvalue weighted by atomic mass is 35.5. The molecule has 0 aliphatic rings. The Labute approximate surface area is 153 Å². The van der Waals surface area contributed by atoms with Crippen LogP contribution in [0.2, 0.25) is 5.02 Å². The zero-order chi connectivity index (χ0) is 19.3. The number of alkyl halides is 3. The number of carbonyl (C=O) groups excluding carboxylic acids is 2. The molecule has 0 aliphatic carbocycles. The maximum atomic E-state index is 12.7. The summed E-state index contributed by atoms with van der Waals surface area (Å²) >= 11 is 5.80. The molecule has 4 nitrogen and oxygen atoms in total. The van der Waals surface area contributed by atoms with Gasteiger partial charge in [0, 0.05) is 0 Å². The van der Waals surface area contributed by atoms with Gasteiger partial charge in [0.2, 0.25) is 11.8 Å². The molecule has 2 amide bonds. The van der Waals surface area contributed by atoms with Crippen molar-refractivity contribution in [1.29, 1.82) is 0 Å². The van der Waals surface area contributed by atoms with Gasteiger partial charge in [-0.3, -0.25) is 9.59 Å². The van der Waals surface area contributed by atoms with E-state index in [4.69, 9.17) is 11.6 Å². The van der Waals surface area contributed by atoms with Crippen LogP contribution in [-0.4, -0.2) is 18.4 Å². The first-order valence-corrected chi connectivity index (χ1v) is 8.02. The minimum absolute atomic E-state index is 0.0302. The van der Waals surface area contributed by atoms with E-state index in [0.29, 0.717) is 0 Å². The third kappa shape index (κ3) is 5.77. The lowest BCUT2D eigenvalue weighted by Gasteiger charge is -2.12. The predicted molar refractivity (Wildman–Crippen MR) is 93.0 cm³/mol. The molecule has 0 bridgehead atoms. The smallest absolute Gasteiger partial charge is 0.347 e. The average molecular weight is 385 g/mol. The van der Waals surface area contributed by atoms with E-state index in [1.54, 1.807) is 12.1 Å². The highest BCUT2D eigenvalue weighted by Gasteiger charge is 2.31.